The molecule has 1 fully saturated rings. The summed E-state index contributed by atoms with van der Waals surface area (Å²) in [6.45, 7) is 1.61. The van der Waals surface area contributed by atoms with E-state index in [0.29, 0.717) is 11.8 Å². The Balaban J connectivity index is 1.90. The summed E-state index contributed by atoms with van der Waals surface area (Å²) in [4.78, 5) is 11.6. The molecule has 4 unspecified atom stereocenters. The quantitative estimate of drug-likeness (QED) is 0.543. The number of esters is 1. The van der Waals surface area contributed by atoms with Gasteiger partial charge >= 0.3 is 5.97 Å². The molecule has 78 valence electrons. The lowest BCUT2D eigenvalue weighted by Gasteiger charge is -2.19. The summed E-state index contributed by atoms with van der Waals surface area (Å²) in [6.07, 6.45) is 5.99. The van der Waals surface area contributed by atoms with Crippen molar-refractivity contribution in [3.63, 3.8) is 0 Å². The van der Waals surface area contributed by atoms with Gasteiger partial charge in [0.2, 0.25) is 0 Å². The number of hydrogen-bond acceptors (Lipinski definition) is 3. The first-order valence-corrected chi connectivity index (χ1v) is 5.20. The average molecular weight is 196 g/mol. The van der Waals surface area contributed by atoms with Gasteiger partial charge in [0.15, 0.2) is 0 Å². The topological polar surface area (TPSA) is 46.5 Å². The largest absolute Gasteiger partial charge is 0.460 e. The standard InChI is InChI=1S/C11H16O3/c1-7(6-12)14-11(13)10-5-8-2-3-9(10)4-8/h2-3,7-10,12H,4-6H2,1H3. The van der Waals surface area contributed by atoms with E-state index in [9.17, 15) is 4.79 Å². The van der Waals surface area contributed by atoms with Gasteiger partial charge in [-0.05, 0) is 31.6 Å². The minimum absolute atomic E-state index is 0.0407. The Kier molecular flexibility index (Phi) is 2.59. The second kappa shape index (κ2) is 3.73. The molecule has 0 aromatic carbocycles. The van der Waals surface area contributed by atoms with Crippen molar-refractivity contribution in [1.82, 2.24) is 0 Å². The van der Waals surface area contributed by atoms with Gasteiger partial charge < -0.3 is 9.84 Å². The number of fused-ring (bicyclic) bond motifs is 2. The average Bonchev–Trinajstić information content (AvgIpc) is 2.78. The van der Waals surface area contributed by atoms with Crippen LogP contribution in [0, 0.1) is 17.8 Å². The number of carbonyl (C=O) groups is 1. The van der Waals surface area contributed by atoms with E-state index in [1.54, 1.807) is 6.92 Å². The fourth-order valence-electron chi connectivity index (χ4n) is 2.37. The van der Waals surface area contributed by atoms with Crippen LogP contribution in [-0.2, 0) is 9.53 Å². The lowest BCUT2D eigenvalue weighted by molar-refractivity contribution is -0.155. The first kappa shape index (κ1) is 9.71. The van der Waals surface area contributed by atoms with Crippen LogP contribution in [0.3, 0.4) is 0 Å². The molecule has 0 spiro atoms. The molecule has 3 nitrogen and oxygen atoms in total. The van der Waals surface area contributed by atoms with E-state index in [1.165, 1.54) is 0 Å². The van der Waals surface area contributed by atoms with Gasteiger partial charge in [0.05, 0.1) is 12.5 Å². The fraction of sp³-hybridized carbons (Fsp3) is 0.727. The van der Waals surface area contributed by atoms with E-state index in [1.807, 2.05) is 0 Å². The summed E-state index contributed by atoms with van der Waals surface area (Å²) in [6, 6.07) is 0. The predicted molar refractivity (Wildman–Crippen MR) is 51.5 cm³/mol. The van der Waals surface area contributed by atoms with Gasteiger partial charge in [-0.1, -0.05) is 12.2 Å². The van der Waals surface area contributed by atoms with E-state index in [-0.39, 0.29) is 24.6 Å². The van der Waals surface area contributed by atoms with Crippen molar-refractivity contribution >= 4 is 5.97 Å². The van der Waals surface area contributed by atoms with Gasteiger partial charge in [-0.2, -0.15) is 0 Å². The van der Waals surface area contributed by atoms with Crippen LogP contribution in [0.1, 0.15) is 19.8 Å². The van der Waals surface area contributed by atoms with E-state index < -0.39 is 0 Å². The second-order valence-electron chi connectivity index (χ2n) is 4.32. The van der Waals surface area contributed by atoms with Crippen LogP contribution in [0.4, 0.5) is 0 Å². The van der Waals surface area contributed by atoms with E-state index in [2.05, 4.69) is 12.2 Å². The summed E-state index contributed by atoms with van der Waals surface area (Å²) in [7, 11) is 0. The third-order valence-electron chi connectivity index (χ3n) is 3.16. The lowest BCUT2D eigenvalue weighted by Crippen LogP contribution is -2.26. The molecule has 2 aliphatic rings. The van der Waals surface area contributed by atoms with Crippen LogP contribution in [0.2, 0.25) is 0 Å². The SMILES string of the molecule is CC(CO)OC(=O)C1CC2C=CC1C2. The smallest absolute Gasteiger partial charge is 0.309 e. The summed E-state index contributed by atoms with van der Waals surface area (Å²) < 4.78 is 5.11. The zero-order valence-corrected chi connectivity index (χ0v) is 8.35. The van der Waals surface area contributed by atoms with Gasteiger partial charge in [-0.3, -0.25) is 4.79 Å². The number of ether oxygens (including phenoxy) is 1. The first-order valence-electron chi connectivity index (χ1n) is 5.20. The van der Waals surface area contributed by atoms with Crippen molar-refractivity contribution in [3.05, 3.63) is 12.2 Å². The summed E-state index contributed by atoms with van der Waals surface area (Å²) in [5, 5.41) is 8.77. The molecular formula is C11H16O3. The Morgan fingerprint density at radius 3 is 2.86 bits per heavy atom. The molecule has 1 saturated carbocycles. The van der Waals surface area contributed by atoms with Gasteiger partial charge in [0.1, 0.15) is 6.10 Å². The highest BCUT2D eigenvalue weighted by atomic mass is 16.6. The van der Waals surface area contributed by atoms with E-state index in [4.69, 9.17) is 9.84 Å². The Morgan fingerprint density at radius 1 is 1.57 bits per heavy atom. The lowest BCUT2D eigenvalue weighted by atomic mass is 9.94. The molecule has 2 rings (SSSR count). The molecular weight excluding hydrogens is 180 g/mol. The van der Waals surface area contributed by atoms with Crippen molar-refractivity contribution in [2.24, 2.45) is 17.8 Å². The number of allylic oxidation sites excluding steroid dienone is 2. The Labute approximate surface area is 83.8 Å². The van der Waals surface area contributed by atoms with Crippen LogP contribution in [0.5, 0.6) is 0 Å². The summed E-state index contributed by atoms with van der Waals surface area (Å²) >= 11 is 0. The zero-order chi connectivity index (χ0) is 10.1. The third kappa shape index (κ3) is 1.69. The molecule has 0 aromatic rings. The van der Waals surface area contributed by atoms with Gasteiger partial charge in [0, 0.05) is 0 Å². The Bertz CT molecular complexity index is 259. The summed E-state index contributed by atoms with van der Waals surface area (Å²) in [5.74, 6) is 0.878. The maximum absolute atomic E-state index is 11.6. The predicted octanol–water partition coefficient (Wildman–Crippen LogP) is 1.12. The molecule has 3 heteroatoms. The number of rotatable bonds is 3. The molecule has 2 bridgehead atoms. The maximum atomic E-state index is 11.6. The van der Waals surface area contributed by atoms with Crippen LogP contribution < -0.4 is 0 Å². The molecule has 0 radical (unpaired) electrons. The van der Waals surface area contributed by atoms with Gasteiger partial charge in [0.25, 0.3) is 0 Å². The maximum Gasteiger partial charge on any atom is 0.309 e. The van der Waals surface area contributed by atoms with Crippen molar-refractivity contribution < 1.29 is 14.6 Å². The molecule has 0 saturated heterocycles. The van der Waals surface area contributed by atoms with Crippen molar-refractivity contribution in [2.75, 3.05) is 6.61 Å². The van der Waals surface area contributed by atoms with Crippen molar-refractivity contribution in [2.45, 2.75) is 25.9 Å². The number of aliphatic hydroxyl groups excluding tert-OH is 1. The third-order valence-corrected chi connectivity index (χ3v) is 3.16. The molecule has 0 aliphatic heterocycles. The monoisotopic (exact) mass is 196 g/mol. The molecule has 0 amide bonds. The van der Waals surface area contributed by atoms with Crippen LogP contribution >= 0.6 is 0 Å². The molecule has 2 aliphatic carbocycles. The second-order valence-corrected chi connectivity index (χ2v) is 4.32. The molecule has 14 heavy (non-hydrogen) atoms. The van der Waals surface area contributed by atoms with Gasteiger partial charge in [-0.15, -0.1) is 0 Å². The highest BCUT2D eigenvalue weighted by Crippen LogP contribution is 2.43. The van der Waals surface area contributed by atoms with Crippen LogP contribution in [0.15, 0.2) is 12.2 Å². The minimum Gasteiger partial charge on any atom is -0.460 e. The van der Waals surface area contributed by atoms with Crippen molar-refractivity contribution in [1.29, 1.82) is 0 Å². The number of aliphatic hydroxyl groups is 1. The van der Waals surface area contributed by atoms with E-state index in [0.717, 1.165) is 12.8 Å². The highest BCUT2D eigenvalue weighted by Gasteiger charge is 2.41. The summed E-state index contributed by atoms with van der Waals surface area (Å²) in [5.41, 5.74) is 0. The van der Waals surface area contributed by atoms with Gasteiger partial charge in [-0.25, -0.2) is 0 Å². The Hall–Kier alpha value is -0.830. The first-order chi connectivity index (χ1) is 6.70. The molecule has 1 N–H and O–H groups in total. The normalized spacial score (nSPS) is 36.0. The van der Waals surface area contributed by atoms with Crippen LogP contribution in [-0.4, -0.2) is 23.8 Å². The number of carbonyl (C=O) groups excluding carboxylic acids is 1. The zero-order valence-electron chi connectivity index (χ0n) is 8.35. The molecule has 0 aromatic heterocycles. The molecule has 4 atom stereocenters. The Morgan fingerprint density at radius 2 is 2.36 bits per heavy atom. The minimum atomic E-state index is -0.370. The van der Waals surface area contributed by atoms with Crippen molar-refractivity contribution in [3.8, 4) is 0 Å². The van der Waals surface area contributed by atoms with E-state index >= 15 is 0 Å². The molecule has 0 heterocycles. The van der Waals surface area contributed by atoms with Crippen LogP contribution in [0.25, 0.3) is 0 Å². The highest BCUT2D eigenvalue weighted by molar-refractivity contribution is 5.74. The fourth-order valence-corrected chi connectivity index (χ4v) is 2.37. The number of hydrogen-bond donors (Lipinski definition) is 1.